The van der Waals surface area contributed by atoms with Gasteiger partial charge >= 0.3 is 0 Å². The van der Waals surface area contributed by atoms with Crippen molar-refractivity contribution in [3.05, 3.63) is 0 Å². The molecule has 0 heterocycles. The maximum absolute atomic E-state index is 2.76. The Balaban J connectivity index is 5.54. The second-order valence-electron chi connectivity index (χ2n) is 7.88. The molecule has 0 nitrogen and oxygen atoms in total. The highest BCUT2D eigenvalue weighted by Gasteiger charge is 2.57. The minimum atomic E-state index is -0.938. The van der Waals surface area contributed by atoms with Crippen LogP contribution in [0.5, 0.6) is 0 Å². The molecule has 0 aliphatic rings. The van der Waals surface area contributed by atoms with Gasteiger partial charge in [0.25, 0.3) is 0 Å². The lowest BCUT2D eigenvalue weighted by Gasteiger charge is -2.55. The van der Waals surface area contributed by atoms with E-state index in [4.69, 9.17) is 0 Å². The average Bonchev–Trinajstić information content (AvgIpc) is 1.77. The van der Waals surface area contributed by atoms with E-state index >= 15 is 0 Å². The van der Waals surface area contributed by atoms with Crippen molar-refractivity contribution in [1.82, 2.24) is 0 Å². The van der Waals surface area contributed by atoms with Crippen molar-refractivity contribution < 1.29 is 0 Å². The van der Waals surface area contributed by atoms with Gasteiger partial charge in [0.2, 0.25) is 0 Å². The minimum absolute atomic E-state index is 0.919. The van der Waals surface area contributed by atoms with Crippen LogP contribution in [-0.2, 0) is 0 Å². The maximum Gasteiger partial charge on any atom is 0.0344 e. The third-order valence-electron chi connectivity index (χ3n) is 4.50. The van der Waals surface area contributed by atoms with Gasteiger partial charge in [-0.15, -0.1) is 0 Å². The van der Waals surface area contributed by atoms with Crippen LogP contribution in [0.25, 0.3) is 0 Å². The van der Waals surface area contributed by atoms with E-state index in [-0.39, 0.29) is 0 Å². The van der Waals surface area contributed by atoms with Crippen LogP contribution in [0.4, 0.5) is 0 Å². The van der Waals surface area contributed by atoms with Crippen molar-refractivity contribution in [3.63, 3.8) is 0 Å². The van der Waals surface area contributed by atoms with Crippen LogP contribution in [0.3, 0.4) is 0 Å². The summed E-state index contributed by atoms with van der Waals surface area (Å²) in [6.45, 7) is 25.5. The molecule has 0 N–H and O–H groups in total. The van der Waals surface area contributed by atoms with Crippen molar-refractivity contribution in [2.45, 2.75) is 65.5 Å². The van der Waals surface area contributed by atoms with Gasteiger partial charge in [-0.2, -0.15) is 0 Å². The van der Waals surface area contributed by atoms with Crippen LogP contribution in [0.2, 0.25) is 65.5 Å². The van der Waals surface area contributed by atoms with Crippen molar-refractivity contribution in [2.75, 3.05) is 0 Å². The molecule has 0 unspecified atom stereocenters. The third kappa shape index (κ3) is 2.33. The van der Waals surface area contributed by atoms with E-state index in [0.29, 0.717) is 0 Å². The Kier molecular flexibility index (Phi) is 3.94. The van der Waals surface area contributed by atoms with E-state index in [2.05, 4.69) is 65.5 Å². The Morgan fingerprint density at radius 1 is 0.357 bits per heavy atom. The molecule has 14 heavy (non-hydrogen) atoms. The predicted molar refractivity (Wildman–Crippen MR) is 81.7 cm³/mol. The second kappa shape index (κ2) is 3.71. The Hall–Kier alpha value is 0.868. The van der Waals surface area contributed by atoms with E-state index in [9.17, 15) is 0 Å². The summed E-state index contributed by atoms with van der Waals surface area (Å²) in [5.74, 6) is 0. The van der Waals surface area contributed by atoms with Crippen LogP contribution >= 0.6 is 0 Å². The first-order valence-electron chi connectivity index (χ1n) is 5.75. The molecule has 0 aromatic heterocycles. The van der Waals surface area contributed by atoms with Crippen LogP contribution in [0.15, 0.2) is 0 Å². The summed E-state index contributed by atoms with van der Waals surface area (Å²) in [7, 11) is -2.76. The van der Waals surface area contributed by atoms with E-state index in [0.717, 1.165) is 0 Å². The second-order valence-corrected chi connectivity index (χ2v) is 50.6. The van der Waals surface area contributed by atoms with Gasteiger partial charge in [0.05, 0.1) is 0 Å². The van der Waals surface area contributed by atoms with Crippen LogP contribution in [0, 0.1) is 0 Å². The molecule has 0 saturated heterocycles. The van der Waals surface area contributed by atoms with Crippen LogP contribution < -0.4 is 0 Å². The largest absolute Gasteiger partial charge is 0.0747 e. The summed E-state index contributed by atoms with van der Waals surface area (Å²) in [4.78, 5) is 0. The lowest BCUT2D eigenvalue weighted by molar-refractivity contribution is 1.71. The Morgan fingerprint density at radius 3 is 0.500 bits per heavy atom. The fraction of sp³-hybridized carbons (Fsp3) is 1.00. The summed E-state index contributed by atoms with van der Waals surface area (Å²) in [5, 5.41) is 0. The van der Waals surface area contributed by atoms with Crippen LogP contribution in [0.1, 0.15) is 0 Å². The fourth-order valence-corrected chi connectivity index (χ4v) is 91.1. The molecule has 0 fully saturated rings. The smallest absolute Gasteiger partial charge is 0.0344 e. The molecular formula is C10H30Si4. The first-order valence-corrected chi connectivity index (χ1v) is 21.8. The molecule has 0 bridgehead atoms. The fourth-order valence-electron chi connectivity index (χ4n) is 3.38. The summed E-state index contributed by atoms with van der Waals surface area (Å²) in [6, 6.07) is 0. The van der Waals surface area contributed by atoms with Crippen molar-refractivity contribution in [1.29, 1.82) is 0 Å². The van der Waals surface area contributed by atoms with Crippen molar-refractivity contribution in [3.8, 4) is 0 Å². The van der Waals surface area contributed by atoms with Gasteiger partial charge in [-0.1, -0.05) is 65.5 Å². The molecule has 4 heteroatoms. The summed E-state index contributed by atoms with van der Waals surface area (Å²) < 4.78 is 0. The van der Waals surface area contributed by atoms with Crippen molar-refractivity contribution >= 4 is 29.4 Å². The Labute approximate surface area is 94.9 Å². The highest BCUT2D eigenvalue weighted by atomic mass is 29.9. The molecule has 0 aliphatic carbocycles. The van der Waals surface area contributed by atoms with E-state index in [1.165, 1.54) is 0 Å². The molecule has 0 amide bonds. The Bertz CT molecular complexity index is 166. The van der Waals surface area contributed by atoms with Gasteiger partial charge in [-0.05, 0) is 0 Å². The molecule has 0 aromatic rings. The Morgan fingerprint density at radius 2 is 0.500 bits per heavy atom. The first-order chi connectivity index (χ1) is 5.75. The summed E-state index contributed by atoms with van der Waals surface area (Å²) >= 11 is 0. The molecule has 0 aromatic carbocycles. The third-order valence-corrected chi connectivity index (χ3v) is 81.0. The van der Waals surface area contributed by atoms with Gasteiger partial charge < -0.3 is 0 Å². The molecule has 0 saturated carbocycles. The number of rotatable bonds is 3. The molecule has 0 spiro atoms. The lowest BCUT2D eigenvalue weighted by Crippen LogP contribution is -2.80. The van der Waals surface area contributed by atoms with Gasteiger partial charge in [0.1, 0.15) is 0 Å². The zero-order valence-corrected chi connectivity index (χ0v) is 16.0. The first kappa shape index (κ1) is 14.9. The standard InChI is InChI=1S/C10H30Si4/c1-11(2,3)14(10,12(4,5)6)13(7,8)9/h1-10H3. The topological polar surface area (TPSA) is 0 Å². The van der Waals surface area contributed by atoms with Crippen LogP contribution in [-0.4, -0.2) is 29.4 Å². The quantitative estimate of drug-likeness (QED) is 0.665. The van der Waals surface area contributed by atoms with Gasteiger partial charge in [-0.25, -0.2) is 0 Å². The highest BCUT2D eigenvalue weighted by Crippen LogP contribution is 2.36. The van der Waals surface area contributed by atoms with E-state index in [1.807, 2.05) is 0 Å². The average molecular weight is 263 g/mol. The molecule has 0 radical (unpaired) electrons. The van der Waals surface area contributed by atoms with Gasteiger partial charge in [0, 0.05) is 29.4 Å². The van der Waals surface area contributed by atoms with E-state index < -0.39 is 29.4 Å². The number of hydrogen-bond acceptors (Lipinski definition) is 0. The SMILES string of the molecule is C[Si](C)(C)[Si](C)([Si](C)(C)C)[Si](C)(C)C. The lowest BCUT2D eigenvalue weighted by atomic mass is 11.8. The molecular weight excluding hydrogens is 232 g/mol. The van der Waals surface area contributed by atoms with Gasteiger partial charge in [-0.3, -0.25) is 0 Å². The monoisotopic (exact) mass is 262 g/mol. The zero-order chi connectivity index (χ0) is 12.0. The maximum atomic E-state index is 2.76. The summed E-state index contributed by atoms with van der Waals surface area (Å²) in [6.07, 6.45) is 0. The summed E-state index contributed by atoms with van der Waals surface area (Å²) in [5.41, 5.74) is 0. The molecule has 0 atom stereocenters. The minimum Gasteiger partial charge on any atom is -0.0747 e. The molecule has 86 valence electrons. The van der Waals surface area contributed by atoms with E-state index in [1.54, 1.807) is 0 Å². The normalized spacial score (nSPS) is 15.9. The van der Waals surface area contributed by atoms with Gasteiger partial charge in [0.15, 0.2) is 0 Å². The van der Waals surface area contributed by atoms with Crippen molar-refractivity contribution in [2.24, 2.45) is 0 Å². The number of hydrogen-bond donors (Lipinski definition) is 0. The molecule has 0 aliphatic heterocycles. The highest BCUT2D eigenvalue weighted by molar-refractivity contribution is 7.89. The molecule has 0 rings (SSSR count). The predicted octanol–water partition coefficient (Wildman–Crippen LogP) is 4.31. The zero-order valence-electron chi connectivity index (χ0n) is 12.0.